The normalized spacial score (nSPS) is 15.3. The van der Waals surface area contributed by atoms with E-state index in [1.807, 2.05) is 59.2 Å². The molecule has 21 heteroatoms. The molecule has 8 heterocycles. The van der Waals surface area contributed by atoms with Crippen LogP contribution in [0.3, 0.4) is 0 Å². The molecule has 687 valence electrons. The van der Waals surface area contributed by atoms with Crippen LogP contribution < -0.4 is 5.46 Å². The van der Waals surface area contributed by atoms with Crippen LogP contribution in [-0.4, -0.2) is 60.4 Å². The van der Waals surface area contributed by atoms with Gasteiger partial charge in [-0.25, -0.2) is 33.1 Å². The number of benzene rings is 3. The van der Waals surface area contributed by atoms with Crippen LogP contribution in [0, 0.1) is 58.9 Å². The molecule has 0 fully saturated rings. The first-order valence-corrected chi connectivity index (χ1v) is 56.8. The Labute approximate surface area is 820 Å². The van der Waals surface area contributed by atoms with Crippen LogP contribution in [0.15, 0.2) is 153 Å². The predicted molar refractivity (Wildman–Crippen MR) is 565 cm³/mol. The van der Waals surface area contributed by atoms with Gasteiger partial charge in [-0.05, 0) is 221 Å². The molecule has 4 aromatic heterocycles. The number of aliphatic imine (C=N–C) groups is 4. The number of halogens is 5. The molecule has 0 saturated heterocycles. The number of thioether (sulfide) groups is 4. The molecule has 1 radical (unpaired) electrons. The Morgan fingerprint density at radius 3 is 0.794 bits per heavy atom. The number of rotatable bonds is 52. The molecule has 2 N–H and O–H groups in total. The van der Waals surface area contributed by atoms with Crippen molar-refractivity contribution in [1.82, 2.24) is 0 Å². The Kier molecular flexibility index (Phi) is 49.9. The van der Waals surface area contributed by atoms with Crippen molar-refractivity contribution in [3.8, 4) is 20.9 Å². The van der Waals surface area contributed by atoms with Crippen LogP contribution in [0.4, 0.5) is 13.2 Å². The van der Waals surface area contributed by atoms with Gasteiger partial charge in [-0.1, -0.05) is 287 Å². The Hall–Kier alpha value is -3.18. The number of hydrogen-bond acceptors (Lipinski definition) is 14. The third-order valence-electron chi connectivity index (χ3n) is 25.5. The molecule has 0 aliphatic carbocycles. The van der Waals surface area contributed by atoms with E-state index in [1.54, 1.807) is 63.5 Å². The predicted octanol–water partition coefficient (Wildman–Crippen LogP) is 35.4. The van der Waals surface area contributed by atoms with Gasteiger partial charge in [0.2, 0.25) is 0 Å². The van der Waals surface area contributed by atoms with E-state index in [4.69, 9.17) is 30.0 Å². The van der Waals surface area contributed by atoms with E-state index in [9.17, 15) is 4.39 Å². The molecule has 126 heavy (non-hydrogen) atoms. The van der Waals surface area contributed by atoms with Crippen molar-refractivity contribution in [2.75, 3.05) is 23.0 Å². The van der Waals surface area contributed by atoms with Crippen molar-refractivity contribution in [3.05, 3.63) is 187 Å². The molecule has 7 aromatic rings. The summed E-state index contributed by atoms with van der Waals surface area (Å²) in [7, 11) is -1.73. The summed E-state index contributed by atoms with van der Waals surface area (Å²) < 4.78 is 48.1. The molecule has 3 aromatic carbocycles. The van der Waals surface area contributed by atoms with Crippen LogP contribution in [0.25, 0.3) is 43.7 Å². The summed E-state index contributed by atoms with van der Waals surface area (Å²) in [6.07, 6.45) is 40.4. The molecular formula is C105H144BBr2F3N4O2S8V. The van der Waals surface area contributed by atoms with E-state index in [2.05, 4.69) is 189 Å². The summed E-state index contributed by atoms with van der Waals surface area (Å²) in [5.41, 5.74) is 13.2. The molecule has 6 nitrogen and oxygen atoms in total. The minimum absolute atomic E-state index is 0. The second kappa shape index (κ2) is 58.2. The van der Waals surface area contributed by atoms with Gasteiger partial charge in [0.05, 0.1) is 49.9 Å². The molecule has 0 spiro atoms. The van der Waals surface area contributed by atoms with Crippen LogP contribution in [0.5, 0.6) is 0 Å². The first kappa shape index (κ1) is 108. The number of thiophene rings is 4. The van der Waals surface area contributed by atoms with Gasteiger partial charge in [0, 0.05) is 90.2 Å². The molecule has 4 aliphatic rings. The smallest absolute Gasteiger partial charge is 0.423 e. The average molecular weight is 2030 g/mol. The van der Waals surface area contributed by atoms with Crippen molar-refractivity contribution in [3.63, 3.8) is 0 Å². The van der Waals surface area contributed by atoms with Gasteiger partial charge in [0.25, 0.3) is 0 Å². The van der Waals surface area contributed by atoms with Crippen LogP contribution >= 0.6 is 124 Å². The van der Waals surface area contributed by atoms with E-state index in [0.717, 1.165) is 191 Å². The van der Waals surface area contributed by atoms with Gasteiger partial charge in [-0.3, -0.25) is 0 Å². The molecule has 4 aliphatic heterocycles. The fraction of sp³-hybridized carbons (Fsp3) is 0.562. The summed E-state index contributed by atoms with van der Waals surface area (Å²) >= 11 is 21.9. The average Bonchev–Trinajstić information content (AvgIpc) is 1.58. The molecule has 0 saturated carbocycles. The standard InChI is InChI=1S/C60H82F2N2S4.C30H38Br2N2S4.C15H24BFO2.V/c1-9-17-21-41(13-5)25-27-45-29-31-47(49(61)37-45)51-33-35-53(67-51)57-55-56(60(63-57)66-40-44(16-8)24-20-12-4)58(64-59(55)65-39-43(15-7)23-19-11-3)54-36-34-52(68-54)48-32-30-46(38-50(48)62)28-26-42(14-6)22-18-10-2;1-5-9-11-19(7-3)17-35-29-25-26(28(33-29)22-14-16-24(32)38-22)30(36-18-20(8-4)12-10-6-2)34-27(25)21-13-15-23(31)37-21;1-3-5-6-12(4-2)7-8-13-9-10-14(16(18)19)15(17)11-13;/h29-38,41-44H,9-28,39-40H2,1-8H3;13-16,19-20H,5-12,17-18H2,1-4H3;9-12,18-19H,3-8H2,1-2H3;. The maximum atomic E-state index is 16.1. The summed E-state index contributed by atoms with van der Waals surface area (Å²) in [5.74, 6) is 8.16. The van der Waals surface area contributed by atoms with Crippen molar-refractivity contribution < 1.29 is 41.8 Å². The monoisotopic (exact) mass is 2030 g/mol. The summed E-state index contributed by atoms with van der Waals surface area (Å²) in [4.78, 5) is 28.3. The summed E-state index contributed by atoms with van der Waals surface area (Å²) in [6.45, 7) is 31.9. The zero-order valence-corrected chi connectivity index (χ0v) is 89.2. The first-order chi connectivity index (χ1) is 60.7. The maximum absolute atomic E-state index is 16.1. The molecule has 0 amide bonds. The van der Waals surface area contributed by atoms with Crippen LogP contribution in [-0.2, 0) is 37.8 Å². The second-order valence-electron chi connectivity index (χ2n) is 34.7. The largest absolute Gasteiger partial charge is 0.491 e. The van der Waals surface area contributed by atoms with Crippen LogP contribution in [0.1, 0.15) is 332 Å². The number of nitrogens with zero attached hydrogens (tertiary/aromatic N) is 4. The fourth-order valence-electron chi connectivity index (χ4n) is 16.8. The van der Waals surface area contributed by atoms with Gasteiger partial charge < -0.3 is 10.0 Å². The topological polar surface area (TPSA) is 89.9 Å². The molecule has 0 bridgehead atoms. The van der Waals surface area contributed by atoms with Gasteiger partial charge in [-0.15, -0.1) is 92.4 Å². The first-order valence-electron chi connectivity index (χ1n) is 48.0. The van der Waals surface area contributed by atoms with Crippen LogP contribution in [0.2, 0.25) is 0 Å². The number of unbranched alkanes of at least 4 members (excludes halogenated alkanes) is 7. The molecule has 11 rings (SSSR count). The third kappa shape index (κ3) is 32.0. The Morgan fingerprint density at radius 1 is 0.310 bits per heavy atom. The zero-order chi connectivity index (χ0) is 89.7. The Morgan fingerprint density at radius 2 is 0.556 bits per heavy atom. The number of aryl methyl sites for hydroxylation is 3. The van der Waals surface area contributed by atoms with Gasteiger partial charge >= 0.3 is 7.12 Å². The fourth-order valence-corrected chi connectivity index (χ4v) is 26.8. The second-order valence-corrected chi connectivity index (χ2v) is 45.9. The Balaban J connectivity index is 0.000000281. The van der Waals surface area contributed by atoms with Crippen molar-refractivity contribution in [2.24, 2.45) is 61.4 Å². The minimum Gasteiger partial charge on any atom is -0.423 e. The summed E-state index contributed by atoms with van der Waals surface area (Å²) in [6, 6.07) is 33.7. The van der Waals surface area contributed by atoms with Gasteiger partial charge in [0.15, 0.2) is 0 Å². The molecular weight excluding hydrogens is 1880 g/mol. The van der Waals surface area contributed by atoms with Crippen molar-refractivity contribution in [1.29, 1.82) is 0 Å². The van der Waals surface area contributed by atoms with E-state index < -0.39 is 12.9 Å². The van der Waals surface area contributed by atoms with E-state index in [1.165, 1.54) is 194 Å². The van der Waals surface area contributed by atoms with Gasteiger partial charge in [0.1, 0.15) is 37.6 Å². The van der Waals surface area contributed by atoms with Crippen molar-refractivity contribution >= 4 is 180 Å². The molecule has 7 unspecified atom stereocenters. The van der Waals surface area contributed by atoms with Gasteiger partial charge in [-0.2, -0.15) is 0 Å². The third-order valence-corrected chi connectivity index (χ3v) is 35.9. The van der Waals surface area contributed by atoms with E-state index in [0.29, 0.717) is 40.7 Å². The van der Waals surface area contributed by atoms with E-state index >= 15 is 8.78 Å². The maximum Gasteiger partial charge on any atom is 0.491 e. The van der Waals surface area contributed by atoms with E-state index in [-0.39, 0.29) is 35.7 Å². The van der Waals surface area contributed by atoms with Crippen molar-refractivity contribution in [2.45, 2.75) is 315 Å². The zero-order valence-electron chi connectivity index (χ0n) is 78.1. The number of hydrogen-bond donors (Lipinski definition) is 2. The quantitative estimate of drug-likeness (QED) is 0.0369. The Bertz CT molecular complexity index is 4510. The molecule has 7 atom stereocenters. The minimum atomic E-state index is -1.73. The number of fused-ring (bicyclic) bond motifs is 2. The SMILES string of the molecule is CCCCC(CC)CCc1ccc(-c2ccc(C3=C4C(SCC(CC)CCCC)=NC(c5ccc(-c6ccc(CCC(CC)CCCC)cc6F)s5)=C4C(SCC(CC)CCCC)=N3)s2)c(F)c1.CCCCC(CC)CCc1ccc(B(O)O)c(F)c1.CCCCC(CC)CSC1=NC(c2ccc(Br)s2)=C2C(SCC(CC)CCCC)=NC(c3ccc(Br)s3)=C12.[V]. The summed E-state index contributed by atoms with van der Waals surface area (Å²) in [5, 5.41) is 22.3.